The van der Waals surface area contributed by atoms with E-state index in [0.717, 1.165) is 36.7 Å². The molecule has 1 saturated heterocycles. The highest BCUT2D eigenvalue weighted by Gasteiger charge is 2.25. The standard InChI is InChI=1S/C26H33N5O2/c1-3-27-26(31-12-13-33-25(18-31)24-16-29-30(2)17-24)28-15-22-10-7-11-23(14-22)20-32-19-21-8-5-4-6-9-21/h4-11,14,16-17,25H,3,12-13,15,18-20H2,1-2H3,(H,27,28). The highest BCUT2D eigenvalue weighted by Crippen LogP contribution is 2.21. The first-order valence-electron chi connectivity index (χ1n) is 11.5. The first-order chi connectivity index (χ1) is 16.2. The quantitative estimate of drug-likeness (QED) is 0.422. The van der Waals surface area contributed by atoms with E-state index in [2.05, 4.69) is 58.6 Å². The van der Waals surface area contributed by atoms with Crippen LogP contribution in [0.15, 0.2) is 72.0 Å². The van der Waals surface area contributed by atoms with Crippen molar-refractivity contribution in [2.24, 2.45) is 12.0 Å². The molecule has 0 saturated carbocycles. The SMILES string of the molecule is CCNC(=NCc1cccc(COCc2ccccc2)c1)N1CCOC(c2cnn(C)c2)C1. The number of aromatic nitrogens is 2. The Morgan fingerprint density at radius 2 is 1.91 bits per heavy atom. The van der Waals surface area contributed by atoms with Crippen LogP contribution in [-0.4, -0.2) is 46.9 Å². The highest BCUT2D eigenvalue weighted by atomic mass is 16.5. The third-order valence-corrected chi connectivity index (χ3v) is 5.58. The van der Waals surface area contributed by atoms with Crippen LogP contribution in [0.2, 0.25) is 0 Å². The van der Waals surface area contributed by atoms with Crippen LogP contribution in [0.3, 0.4) is 0 Å². The van der Waals surface area contributed by atoms with Crippen molar-refractivity contribution >= 4 is 5.96 Å². The Balaban J connectivity index is 1.36. The molecule has 0 aliphatic carbocycles. The van der Waals surface area contributed by atoms with Crippen LogP contribution >= 0.6 is 0 Å². The number of morpholine rings is 1. The summed E-state index contributed by atoms with van der Waals surface area (Å²) >= 11 is 0. The summed E-state index contributed by atoms with van der Waals surface area (Å²) in [6.45, 7) is 6.97. The molecule has 1 aliphatic rings. The molecular weight excluding hydrogens is 414 g/mol. The minimum Gasteiger partial charge on any atom is -0.372 e. The predicted octanol–water partition coefficient (Wildman–Crippen LogP) is 3.68. The number of hydrogen-bond acceptors (Lipinski definition) is 4. The van der Waals surface area contributed by atoms with Crippen molar-refractivity contribution in [1.82, 2.24) is 20.0 Å². The van der Waals surface area contributed by atoms with E-state index in [4.69, 9.17) is 14.5 Å². The zero-order valence-corrected chi connectivity index (χ0v) is 19.5. The fourth-order valence-electron chi connectivity index (χ4n) is 3.92. The largest absolute Gasteiger partial charge is 0.372 e. The minimum absolute atomic E-state index is 0.00129. The summed E-state index contributed by atoms with van der Waals surface area (Å²) in [5.74, 6) is 0.917. The van der Waals surface area contributed by atoms with Crippen molar-refractivity contribution in [2.75, 3.05) is 26.2 Å². The molecule has 1 aliphatic heterocycles. The molecular formula is C26H33N5O2. The molecule has 1 atom stereocenters. The second-order valence-corrected chi connectivity index (χ2v) is 8.22. The fourth-order valence-corrected chi connectivity index (χ4v) is 3.92. The number of nitrogens with zero attached hydrogens (tertiary/aromatic N) is 4. The van der Waals surface area contributed by atoms with Gasteiger partial charge in [-0.15, -0.1) is 0 Å². The molecule has 1 fully saturated rings. The van der Waals surface area contributed by atoms with Crippen LogP contribution in [0, 0.1) is 0 Å². The van der Waals surface area contributed by atoms with Gasteiger partial charge in [-0.1, -0.05) is 54.6 Å². The Kier molecular flexibility index (Phi) is 8.11. The second kappa shape index (κ2) is 11.6. The van der Waals surface area contributed by atoms with E-state index in [1.165, 1.54) is 11.1 Å². The summed E-state index contributed by atoms with van der Waals surface area (Å²) in [5, 5.41) is 7.72. The van der Waals surface area contributed by atoms with E-state index in [1.807, 2.05) is 42.3 Å². The van der Waals surface area contributed by atoms with Gasteiger partial charge in [-0.3, -0.25) is 4.68 Å². The Labute approximate surface area is 196 Å². The molecule has 0 bridgehead atoms. The maximum Gasteiger partial charge on any atom is 0.194 e. The van der Waals surface area contributed by atoms with Crippen molar-refractivity contribution in [3.8, 4) is 0 Å². The van der Waals surface area contributed by atoms with Crippen molar-refractivity contribution < 1.29 is 9.47 Å². The van der Waals surface area contributed by atoms with E-state index >= 15 is 0 Å². The summed E-state index contributed by atoms with van der Waals surface area (Å²) in [5.41, 5.74) is 4.61. The topological polar surface area (TPSA) is 63.9 Å². The van der Waals surface area contributed by atoms with Gasteiger partial charge in [-0.05, 0) is 23.6 Å². The molecule has 33 heavy (non-hydrogen) atoms. The van der Waals surface area contributed by atoms with Crippen LogP contribution in [0.1, 0.15) is 35.3 Å². The number of benzene rings is 2. The average molecular weight is 448 g/mol. The van der Waals surface area contributed by atoms with Gasteiger partial charge in [0.05, 0.1) is 39.1 Å². The lowest BCUT2D eigenvalue weighted by Gasteiger charge is -2.34. The van der Waals surface area contributed by atoms with Crippen LogP contribution in [-0.2, 0) is 36.3 Å². The molecule has 1 aromatic heterocycles. The Morgan fingerprint density at radius 3 is 2.70 bits per heavy atom. The average Bonchev–Trinajstić information content (AvgIpc) is 3.29. The molecule has 0 radical (unpaired) electrons. The molecule has 1 unspecified atom stereocenters. The van der Waals surface area contributed by atoms with Gasteiger partial charge < -0.3 is 19.7 Å². The molecule has 174 valence electrons. The van der Waals surface area contributed by atoms with Gasteiger partial charge in [-0.2, -0.15) is 5.10 Å². The molecule has 4 rings (SSSR count). The van der Waals surface area contributed by atoms with Crippen LogP contribution in [0.25, 0.3) is 0 Å². The van der Waals surface area contributed by atoms with Crippen molar-refractivity contribution in [3.63, 3.8) is 0 Å². The first kappa shape index (κ1) is 23.0. The third-order valence-electron chi connectivity index (χ3n) is 5.58. The normalized spacial score (nSPS) is 16.7. The summed E-state index contributed by atoms with van der Waals surface area (Å²) < 4.78 is 13.7. The molecule has 0 spiro atoms. The number of aryl methyl sites for hydroxylation is 1. The number of nitrogens with one attached hydrogen (secondary N) is 1. The lowest BCUT2D eigenvalue weighted by molar-refractivity contribution is -0.00805. The van der Waals surface area contributed by atoms with E-state index in [9.17, 15) is 0 Å². The first-order valence-corrected chi connectivity index (χ1v) is 11.5. The maximum atomic E-state index is 5.99. The van der Waals surface area contributed by atoms with Gasteiger partial charge in [0, 0.05) is 31.9 Å². The molecule has 1 N–H and O–H groups in total. The summed E-state index contributed by atoms with van der Waals surface area (Å²) in [6.07, 6.45) is 3.90. The lowest BCUT2D eigenvalue weighted by atomic mass is 10.1. The van der Waals surface area contributed by atoms with Gasteiger partial charge in [0.1, 0.15) is 6.10 Å². The highest BCUT2D eigenvalue weighted by molar-refractivity contribution is 5.80. The molecule has 0 amide bonds. The minimum atomic E-state index is 0.00129. The maximum absolute atomic E-state index is 5.99. The van der Waals surface area contributed by atoms with Gasteiger partial charge >= 0.3 is 0 Å². The molecule has 7 nitrogen and oxygen atoms in total. The summed E-state index contributed by atoms with van der Waals surface area (Å²) in [7, 11) is 1.93. The predicted molar refractivity (Wildman–Crippen MR) is 130 cm³/mol. The van der Waals surface area contributed by atoms with E-state index in [1.54, 1.807) is 0 Å². The van der Waals surface area contributed by atoms with Crippen LogP contribution in [0.5, 0.6) is 0 Å². The summed E-state index contributed by atoms with van der Waals surface area (Å²) in [4.78, 5) is 7.20. The lowest BCUT2D eigenvalue weighted by Crippen LogP contribution is -2.48. The number of guanidine groups is 1. The van der Waals surface area contributed by atoms with E-state index < -0.39 is 0 Å². The molecule has 2 heterocycles. The zero-order valence-electron chi connectivity index (χ0n) is 19.5. The van der Waals surface area contributed by atoms with Crippen molar-refractivity contribution in [2.45, 2.75) is 32.8 Å². The molecule has 7 heteroatoms. The van der Waals surface area contributed by atoms with E-state index in [0.29, 0.717) is 26.4 Å². The number of aliphatic imine (C=N–C) groups is 1. The van der Waals surface area contributed by atoms with Crippen LogP contribution < -0.4 is 5.32 Å². The second-order valence-electron chi connectivity index (χ2n) is 8.22. The monoisotopic (exact) mass is 447 g/mol. The molecule has 3 aromatic rings. The Morgan fingerprint density at radius 1 is 1.12 bits per heavy atom. The number of ether oxygens (including phenoxy) is 2. The number of rotatable bonds is 8. The van der Waals surface area contributed by atoms with Gasteiger partial charge in [0.25, 0.3) is 0 Å². The smallest absolute Gasteiger partial charge is 0.194 e. The van der Waals surface area contributed by atoms with Gasteiger partial charge in [0.2, 0.25) is 0 Å². The van der Waals surface area contributed by atoms with Crippen LogP contribution in [0.4, 0.5) is 0 Å². The summed E-state index contributed by atoms with van der Waals surface area (Å²) in [6, 6.07) is 18.7. The van der Waals surface area contributed by atoms with Gasteiger partial charge in [0.15, 0.2) is 5.96 Å². The zero-order chi connectivity index (χ0) is 22.9. The fraction of sp³-hybridized carbons (Fsp3) is 0.385. The van der Waals surface area contributed by atoms with E-state index in [-0.39, 0.29) is 6.10 Å². The van der Waals surface area contributed by atoms with Gasteiger partial charge in [-0.25, -0.2) is 4.99 Å². The van der Waals surface area contributed by atoms with Crippen molar-refractivity contribution in [1.29, 1.82) is 0 Å². The number of hydrogen-bond donors (Lipinski definition) is 1. The third kappa shape index (κ3) is 6.66. The Hall–Kier alpha value is -3.16. The Bertz CT molecular complexity index is 1030. The van der Waals surface area contributed by atoms with Crippen molar-refractivity contribution in [3.05, 3.63) is 89.2 Å². The molecule has 2 aromatic carbocycles.